The fraction of sp³-hybridized carbons (Fsp3) is 0.250. The zero-order chi connectivity index (χ0) is 18.9. The molecule has 4 amide bonds. The minimum absolute atomic E-state index is 0.0615. The van der Waals surface area contributed by atoms with E-state index >= 15 is 0 Å². The number of primary amides is 1. The second-order valence-corrected chi connectivity index (χ2v) is 6.06. The van der Waals surface area contributed by atoms with Crippen LogP contribution < -0.4 is 27.0 Å². The molecule has 0 aliphatic rings. The molecule has 0 unspecified atom stereocenters. The Kier molecular flexibility index (Phi) is 6.92. The van der Waals surface area contributed by atoms with Gasteiger partial charge in [-0.25, -0.2) is 9.78 Å². The first-order valence-corrected chi connectivity index (χ1v) is 8.80. The van der Waals surface area contributed by atoms with Gasteiger partial charge in [-0.1, -0.05) is 6.07 Å². The Morgan fingerprint density at radius 3 is 2.62 bits per heavy atom. The Morgan fingerprint density at radius 1 is 1.19 bits per heavy atom. The van der Waals surface area contributed by atoms with Crippen LogP contribution in [0.4, 0.5) is 21.3 Å². The average molecular weight is 376 g/mol. The standard InChI is InChI=1S/C16H20N6O3S/c1-2-18-16-22-12(9-26-16)14(24)20-10-4-3-5-11(8-10)21-15(25)19-7-6-13(17)23/h3-5,8-9H,2,6-7H2,1H3,(H2,17,23)(H,18,22)(H,20,24)(H2,19,21,25). The normalized spacial score (nSPS) is 10.0. The van der Waals surface area contributed by atoms with Crippen molar-refractivity contribution in [1.82, 2.24) is 10.3 Å². The Hall–Kier alpha value is -3.14. The molecule has 10 heteroatoms. The maximum absolute atomic E-state index is 12.2. The predicted octanol–water partition coefficient (Wildman–Crippen LogP) is 1.82. The first kappa shape index (κ1) is 19.2. The summed E-state index contributed by atoms with van der Waals surface area (Å²) in [5.74, 6) is -0.831. The van der Waals surface area contributed by atoms with Crippen LogP contribution in [0.3, 0.4) is 0 Å². The fourth-order valence-corrected chi connectivity index (χ4v) is 2.72. The summed E-state index contributed by atoms with van der Waals surface area (Å²) in [5, 5.41) is 13.2. The van der Waals surface area contributed by atoms with Gasteiger partial charge in [-0.05, 0) is 25.1 Å². The van der Waals surface area contributed by atoms with Crippen LogP contribution in [0.15, 0.2) is 29.6 Å². The van der Waals surface area contributed by atoms with Crippen LogP contribution in [0.1, 0.15) is 23.8 Å². The van der Waals surface area contributed by atoms with E-state index < -0.39 is 11.9 Å². The molecule has 0 aliphatic heterocycles. The minimum Gasteiger partial charge on any atom is -0.370 e. The number of benzene rings is 1. The molecule has 26 heavy (non-hydrogen) atoms. The van der Waals surface area contributed by atoms with E-state index in [0.29, 0.717) is 22.2 Å². The van der Waals surface area contributed by atoms with Crippen molar-refractivity contribution in [3.8, 4) is 0 Å². The third-order valence-electron chi connectivity index (χ3n) is 3.10. The third-order valence-corrected chi connectivity index (χ3v) is 3.90. The van der Waals surface area contributed by atoms with E-state index in [-0.39, 0.29) is 18.9 Å². The SMILES string of the molecule is CCNc1nc(C(=O)Nc2cccc(NC(=O)NCCC(N)=O)c2)cs1. The highest BCUT2D eigenvalue weighted by molar-refractivity contribution is 7.13. The molecule has 0 bridgehead atoms. The zero-order valence-corrected chi connectivity index (χ0v) is 15.0. The number of rotatable bonds is 8. The first-order chi connectivity index (χ1) is 12.5. The van der Waals surface area contributed by atoms with Crippen LogP contribution in [0.5, 0.6) is 0 Å². The highest BCUT2D eigenvalue weighted by Crippen LogP contribution is 2.18. The highest BCUT2D eigenvalue weighted by Gasteiger charge is 2.11. The molecule has 1 aromatic carbocycles. The topological polar surface area (TPSA) is 138 Å². The molecule has 2 rings (SSSR count). The molecule has 1 aromatic heterocycles. The number of urea groups is 1. The Labute approximate surface area is 154 Å². The molecule has 138 valence electrons. The van der Waals surface area contributed by atoms with Crippen molar-refractivity contribution in [3.05, 3.63) is 35.3 Å². The molecule has 0 aliphatic carbocycles. The highest BCUT2D eigenvalue weighted by atomic mass is 32.1. The molecule has 9 nitrogen and oxygen atoms in total. The monoisotopic (exact) mass is 376 g/mol. The smallest absolute Gasteiger partial charge is 0.319 e. The van der Waals surface area contributed by atoms with Crippen LogP contribution in [0.25, 0.3) is 0 Å². The summed E-state index contributed by atoms with van der Waals surface area (Å²) in [7, 11) is 0. The number of nitrogens with two attached hydrogens (primary N) is 1. The quantitative estimate of drug-likeness (QED) is 0.478. The van der Waals surface area contributed by atoms with Crippen LogP contribution in [0.2, 0.25) is 0 Å². The second kappa shape index (κ2) is 9.37. The zero-order valence-electron chi connectivity index (χ0n) is 14.2. The Bertz CT molecular complexity index is 792. The van der Waals surface area contributed by atoms with Crippen molar-refractivity contribution in [2.45, 2.75) is 13.3 Å². The predicted molar refractivity (Wildman–Crippen MR) is 102 cm³/mol. The molecule has 0 fully saturated rings. The van der Waals surface area contributed by atoms with Crippen LogP contribution in [-0.2, 0) is 4.79 Å². The number of carbonyl (C=O) groups excluding carboxylic acids is 3. The van der Waals surface area contributed by atoms with Gasteiger partial charge in [0.2, 0.25) is 5.91 Å². The number of hydrogen-bond donors (Lipinski definition) is 5. The molecule has 2 aromatic rings. The number of anilines is 3. The van der Waals surface area contributed by atoms with Gasteiger partial charge < -0.3 is 27.0 Å². The van der Waals surface area contributed by atoms with Crippen molar-refractivity contribution >= 4 is 45.7 Å². The van der Waals surface area contributed by atoms with Crippen molar-refractivity contribution in [3.63, 3.8) is 0 Å². The van der Waals surface area contributed by atoms with Gasteiger partial charge in [-0.3, -0.25) is 9.59 Å². The fourth-order valence-electron chi connectivity index (χ4n) is 1.95. The number of aromatic nitrogens is 1. The van der Waals surface area contributed by atoms with E-state index in [0.717, 1.165) is 6.54 Å². The van der Waals surface area contributed by atoms with Crippen molar-refractivity contribution in [2.24, 2.45) is 5.73 Å². The second-order valence-electron chi connectivity index (χ2n) is 5.20. The van der Waals surface area contributed by atoms with E-state index in [1.807, 2.05) is 6.92 Å². The van der Waals surface area contributed by atoms with Gasteiger partial charge >= 0.3 is 6.03 Å². The Morgan fingerprint density at radius 2 is 1.92 bits per heavy atom. The Balaban J connectivity index is 1.92. The van der Waals surface area contributed by atoms with E-state index in [4.69, 9.17) is 5.73 Å². The van der Waals surface area contributed by atoms with Gasteiger partial charge in [0.25, 0.3) is 5.91 Å². The number of nitrogens with zero attached hydrogens (tertiary/aromatic N) is 1. The van der Waals surface area contributed by atoms with Crippen LogP contribution in [-0.4, -0.2) is 35.9 Å². The first-order valence-electron chi connectivity index (χ1n) is 7.92. The lowest BCUT2D eigenvalue weighted by molar-refractivity contribution is -0.117. The van der Waals surface area contributed by atoms with Crippen molar-refractivity contribution < 1.29 is 14.4 Å². The molecule has 0 radical (unpaired) electrons. The molecule has 0 saturated carbocycles. The number of hydrogen-bond acceptors (Lipinski definition) is 6. The van der Waals surface area contributed by atoms with Gasteiger partial charge in [-0.15, -0.1) is 11.3 Å². The number of nitrogens with one attached hydrogen (secondary N) is 4. The number of carbonyl (C=O) groups is 3. The minimum atomic E-state index is -0.491. The van der Waals surface area contributed by atoms with Crippen LogP contribution in [0, 0.1) is 0 Å². The lowest BCUT2D eigenvalue weighted by Crippen LogP contribution is -2.31. The van der Waals surface area contributed by atoms with Crippen molar-refractivity contribution in [2.75, 3.05) is 29.0 Å². The number of thiazole rings is 1. The van der Waals surface area contributed by atoms with Gasteiger partial charge in [0, 0.05) is 36.3 Å². The summed E-state index contributed by atoms with van der Waals surface area (Å²) in [6.45, 7) is 2.82. The third kappa shape index (κ3) is 6.06. The lowest BCUT2D eigenvalue weighted by atomic mass is 10.2. The molecule has 6 N–H and O–H groups in total. The van der Waals surface area contributed by atoms with E-state index in [2.05, 4.69) is 26.3 Å². The van der Waals surface area contributed by atoms with Gasteiger partial charge in [0.05, 0.1) is 0 Å². The largest absolute Gasteiger partial charge is 0.370 e. The van der Waals surface area contributed by atoms with Crippen LogP contribution >= 0.6 is 11.3 Å². The summed E-state index contributed by atoms with van der Waals surface area (Å²) < 4.78 is 0. The summed E-state index contributed by atoms with van der Waals surface area (Å²) in [4.78, 5) is 38.8. The maximum atomic E-state index is 12.2. The van der Waals surface area contributed by atoms with Crippen molar-refractivity contribution in [1.29, 1.82) is 0 Å². The van der Waals surface area contributed by atoms with Gasteiger partial charge in [-0.2, -0.15) is 0 Å². The van der Waals surface area contributed by atoms with E-state index in [9.17, 15) is 14.4 Å². The molecular weight excluding hydrogens is 356 g/mol. The summed E-state index contributed by atoms with van der Waals surface area (Å²) in [6, 6.07) is 6.22. The maximum Gasteiger partial charge on any atom is 0.319 e. The molecular formula is C16H20N6O3S. The molecule has 0 atom stereocenters. The van der Waals surface area contributed by atoms with Gasteiger partial charge in [0.1, 0.15) is 5.69 Å². The summed E-state index contributed by atoms with van der Waals surface area (Å²) in [5.41, 5.74) is 6.33. The average Bonchev–Trinajstić information content (AvgIpc) is 3.04. The van der Waals surface area contributed by atoms with Gasteiger partial charge in [0.15, 0.2) is 5.13 Å². The molecule has 0 saturated heterocycles. The summed E-state index contributed by atoms with van der Waals surface area (Å²) in [6.07, 6.45) is 0.0615. The summed E-state index contributed by atoms with van der Waals surface area (Å²) >= 11 is 1.35. The van der Waals surface area contributed by atoms with E-state index in [1.54, 1.807) is 29.6 Å². The molecule has 0 spiro atoms. The lowest BCUT2D eigenvalue weighted by Gasteiger charge is -2.09. The molecule has 1 heterocycles. The van der Waals surface area contributed by atoms with E-state index in [1.165, 1.54) is 11.3 Å². The number of amides is 4.